The number of aromatic hydroxyl groups is 1. The number of aromatic nitrogens is 3. The molecule has 1 aromatic carbocycles. The molecular formula is C16H18N4O. The number of fused-ring (bicyclic) bond motifs is 1. The molecule has 5 heteroatoms. The van der Waals surface area contributed by atoms with Crippen LogP contribution in [0.2, 0.25) is 0 Å². The van der Waals surface area contributed by atoms with E-state index in [0.29, 0.717) is 5.75 Å². The van der Waals surface area contributed by atoms with Crippen molar-refractivity contribution in [2.75, 3.05) is 6.54 Å². The molecule has 0 amide bonds. The fourth-order valence-electron chi connectivity index (χ4n) is 2.37. The van der Waals surface area contributed by atoms with Gasteiger partial charge in [-0.2, -0.15) is 0 Å². The summed E-state index contributed by atoms with van der Waals surface area (Å²) in [6.07, 6.45) is 2.78. The minimum atomic E-state index is 0.177. The van der Waals surface area contributed by atoms with Gasteiger partial charge < -0.3 is 10.4 Å². The van der Waals surface area contributed by atoms with Gasteiger partial charge in [0, 0.05) is 25.2 Å². The third-order valence-electron chi connectivity index (χ3n) is 3.55. The highest BCUT2D eigenvalue weighted by atomic mass is 16.3. The number of hydrogen-bond acceptors (Lipinski definition) is 4. The molecule has 0 fully saturated rings. The first kappa shape index (κ1) is 13.6. The maximum atomic E-state index is 9.51. The van der Waals surface area contributed by atoms with Crippen molar-refractivity contribution in [2.45, 2.75) is 19.4 Å². The molecule has 2 N–H and O–H groups in total. The van der Waals surface area contributed by atoms with E-state index in [1.165, 1.54) is 0 Å². The fourth-order valence-corrected chi connectivity index (χ4v) is 2.37. The molecule has 5 nitrogen and oxygen atoms in total. The third kappa shape index (κ3) is 3.03. The van der Waals surface area contributed by atoms with E-state index in [-0.39, 0.29) is 6.04 Å². The van der Waals surface area contributed by atoms with Crippen molar-refractivity contribution in [3.63, 3.8) is 0 Å². The van der Waals surface area contributed by atoms with Crippen LogP contribution < -0.4 is 5.32 Å². The lowest BCUT2D eigenvalue weighted by Crippen LogP contribution is -2.22. The Hall–Kier alpha value is -2.40. The Kier molecular flexibility index (Phi) is 3.83. The van der Waals surface area contributed by atoms with Crippen molar-refractivity contribution >= 4 is 5.65 Å². The molecular weight excluding hydrogens is 264 g/mol. The molecule has 0 aliphatic rings. The third-order valence-corrected chi connectivity index (χ3v) is 3.55. The average Bonchev–Trinajstić information content (AvgIpc) is 2.91. The number of benzene rings is 1. The quantitative estimate of drug-likeness (QED) is 0.754. The molecule has 0 radical (unpaired) electrons. The van der Waals surface area contributed by atoms with E-state index in [2.05, 4.69) is 22.4 Å². The van der Waals surface area contributed by atoms with Crippen LogP contribution >= 0.6 is 0 Å². The van der Waals surface area contributed by atoms with Gasteiger partial charge in [0.05, 0.1) is 0 Å². The van der Waals surface area contributed by atoms with Gasteiger partial charge in [-0.3, -0.25) is 4.40 Å². The molecule has 0 bridgehead atoms. The number of nitrogens with zero attached hydrogens (tertiary/aromatic N) is 3. The summed E-state index contributed by atoms with van der Waals surface area (Å²) in [7, 11) is 0. The molecule has 0 aliphatic heterocycles. The second-order valence-corrected chi connectivity index (χ2v) is 5.07. The van der Waals surface area contributed by atoms with E-state index < -0.39 is 0 Å². The minimum Gasteiger partial charge on any atom is -0.508 e. The number of phenols is 1. The predicted molar refractivity (Wildman–Crippen MR) is 81.2 cm³/mol. The highest BCUT2D eigenvalue weighted by molar-refractivity contribution is 5.37. The average molecular weight is 282 g/mol. The molecule has 0 saturated carbocycles. The van der Waals surface area contributed by atoms with Crippen LogP contribution in [0.15, 0.2) is 48.7 Å². The van der Waals surface area contributed by atoms with Gasteiger partial charge in [-0.05, 0) is 36.8 Å². The highest BCUT2D eigenvalue weighted by Gasteiger charge is 2.07. The van der Waals surface area contributed by atoms with E-state index in [1.807, 2.05) is 40.9 Å². The number of rotatable bonds is 5. The zero-order valence-corrected chi connectivity index (χ0v) is 11.9. The van der Waals surface area contributed by atoms with Gasteiger partial charge in [-0.1, -0.05) is 18.2 Å². The molecule has 0 saturated heterocycles. The summed E-state index contributed by atoms with van der Waals surface area (Å²) in [5.41, 5.74) is 1.94. The van der Waals surface area contributed by atoms with Crippen LogP contribution in [0.3, 0.4) is 0 Å². The Labute approximate surface area is 123 Å². The van der Waals surface area contributed by atoms with Crippen molar-refractivity contribution < 1.29 is 5.11 Å². The summed E-state index contributed by atoms with van der Waals surface area (Å²) in [6.45, 7) is 2.88. The summed E-state index contributed by atoms with van der Waals surface area (Å²) in [5.74, 6) is 1.24. The largest absolute Gasteiger partial charge is 0.508 e. The van der Waals surface area contributed by atoms with Crippen LogP contribution in [0.4, 0.5) is 0 Å². The number of nitrogens with one attached hydrogen (secondary N) is 1. The van der Waals surface area contributed by atoms with Gasteiger partial charge in [0.1, 0.15) is 11.6 Å². The number of phenolic OH excluding ortho intramolecular Hbond substituents is 1. The van der Waals surface area contributed by atoms with E-state index in [0.717, 1.165) is 30.0 Å². The van der Waals surface area contributed by atoms with Crippen molar-refractivity contribution in [1.82, 2.24) is 19.9 Å². The van der Waals surface area contributed by atoms with Gasteiger partial charge >= 0.3 is 0 Å². The van der Waals surface area contributed by atoms with Crippen LogP contribution in [0.5, 0.6) is 5.75 Å². The standard InChI is InChI=1S/C16H18N4O/c1-12(13-5-4-6-14(21)11-13)17-9-8-16-19-18-15-7-2-3-10-20(15)16/h2-7,10-12,17,21H,8-9H2,1H3. The summed E-state index contributed by atoms with van der Waals surface area (Å²) < 4.78 is 2.00. The Balaban J connectivity index is 1.61. The van der Waals surface area contributed by atoms with E-state index in [4.69, 9.17) is 0 Å². The van der Waals surface area contributed by atoms with Crippen LogP contribution in [0.25, 0.3) is 5.65 Å². The van der Waals surface area contributed by atoms with Gasteiger partial charge in [-0.25, -0.2) is 0 Å². The van der Waals surface area contributed by atoms with E-state index in [9.17, 15) is 5.11 Å². The Morgan fingerprint density at radius 1 is 1.19 bits per heavy atom. The molecule has 1 unspecified atom stereocenters. The fraction of sp³-hybridized carbons (Fsp3) is 0.250. The molecule has 3 rings (SSSR count). The van der Waals surface area contributed by atoms with Crippen LogP contribution in [0, 0.1) is 0 Å². The second-order valence-electron chi connectivity index (χ2n) is 5.07. The first-order chi connectivity index (χ1) is 10.2. The van der Waals surface area contributed by atoms with Gasteiger partial charge in [-0.15, -0.1) is 10.2 Å². The highest BCUT2D eigenvalue weighted by Crippen LogP contribution is 2.17. The summed E-state index contributed by atoms with van der Waals surface area (Å²) in [5, 5.41) is 21.3. The Morgan fingerprint density at radius 3 is 2.95 bits per heavy atom. The van der Waals surface area contributed by atoms with Crippen molar-refractivity contribution in [1.29, 1.82) is 0 Å². The molecule has 21 heavy (non-hydrogen) atoms. The predicted octanol–water partition coefficient (Wildman–Crippen LogP) is 2.33. The Bertz CT molecular complexity index is 738. The van der Waals surface area contributed by atoms with Crippen molar-refractivity contribution in [3.05, 3.63) is 60.0 Å². The zero-order chi connectivity index (χ0) is 14.7. The van der Waals surface area contributed by atoms with Crippen molar-refractivity contribution in [3.8, 4) is 5.75 Å². The summed E-state index contributed by atoms with van der Waals surface area (Å²) >= 11 is 0. The Morgan fingerprint density at radius 2 is 2.10 bits per heavy atom. The normalized spacial score (nSPS) is 12.6. The number of pyridine rings is 1. The maximum absolute atomic E-state index is 9.51. The van der Waals surface area contributed by atoms with Gasteiger partial charge in [0.2, 0.25) is 0 Å². The first-order valence-corrected chi connectivity index (χ1v) is 7.05. The molecule has 2 heterocycles. The lowest BCUT2D eigenvalue weighted by Gasteiger charge is -2.14. The minimum absolute atomic E-state index is 0.177. The topological polar surface area (TPSA) is 62.5 Å². The smallest absolute Gasteiger partial charge is 0.160 e. The van der Waals surface area contributed by atoms with Crippen LogP contribution in [-0.2, 0) is 6.42 Å². The molecule has 2 aromatic heterocycles. The SMILES string of the molecule is CC(NCCc1nnc2ccccn12)c1cccc(O)c1. The molecule has 1 atom stereocenters. The summed E-state index contributed by atoms with van der Waals surface area (Å²) in [4.78, 5) is 0. The molecule has 0 aliphatic carbocycles. The van der Waals surface area contributed by atoms with E-state index in [1.54, 1.807) is 12.1 Å². The lowest BCUT2D eigenvalue weighted by atomic mass is 10.1. The zero-order valence-electron chi connectivity index (χ0n) is 11.9. The van der Waals surface area contributed by atoms with Crippen LogP contribution in [0.1, 0.15) is 24.4 Å². The lowest BCUT2D eigenvalue weighted by molar-refractivity contribution is 0.472. The van der Waals surface area contributed by atoms with Gasteiger partial charge in [0.25, 0.3) is 0 Å². The second kappa shape index (κ2) is 5.93. The monoisotopic (exact) mass is 282 g/mol. The molecule has 3 aromatic rings. The molecule has 108 valence electrons. The maximum Gasteiger partial charge on any atom is 0.160 e. The molecule has 0 spiro atoms. The first-order valence-electron chi connectivity index (χ1n) is 7.05. The van der Waals surface area contributed by atoms with Crippen LogP contribution in [-0.4, -0.2) is 26.2 Å². The van der Waals surface area contributed by atoms with E-state index >= 15 is 0 Å². The van der Waals surface area contributed by atoms with Crippen molar-refractivity contribution in [2.24, 2.45) is 0 Å². The number of hydrogen-bond donors (Lipinski definition) is 2. The summed E-state index contributed by atoms with van der Waals surface area (Å²) in [6, 6.07) is 13.4. The van der Waals surface area contributed by atoms with Gasteiger partial charge in [0.15, 0.2) is 5.65 Å².